The van der Waals surface area contributed by atoms with Gasteiger partial charge in [-0.05, 0) is 49.1 Å². The van der Waals surface area contributed by atoms with E-state index in [-0.39, 0.29) is 28.8 Å². The van der Waals surface area contributed by atoms with Crippen LogP contribution in [0.4, 0.5) is 24.5 Å². The molecule has 5 nitrogen and oxygen atoms in total. The molecule has 0 bridgehead atoms. The number of nitrogens with one attached hydrogen (secondary N) is 2. The summed E-state index contributed by atoms with van der Waals surface area (Å²) < 4.78 is 41.9. The van der Waals surface area contributed by atoms with E-state index in [1.165, 1.54) is 12.1 Å². The van der Waals surface area contributed by atoms with Crippen molar-refractivity contribution in [2.45, 2.75) is 18.9 Å². The second-order valence-corrected chi connectivity index (χ2v) is 6.58. The summed E-state index contributed by atoms with van der Waals surface area (Å²) in [5.41, 5.74) is 1.09. The van der Waals surface area contributed by atoms with E-state index >= 15 is 0 Å². The fourth-order valence-corrected chi connectivity index (χ4v) is 2.68. The predicted octanol–water partition coefficient (Wildman–Crippen LogP) is 3.93. The van der Waals surface area contributed by atoms with E-state index in [1.807, 2.05) is 0 Å². The topological polar surface area (TPSA) is 70.6 Å². The number of carbonyl (C=O) groups excluding carboxylic acids is 1. The van der Waals surface area contributed by atoms with Gasteiger partial charge in [0.2, 0.25) is 0 Å². The highest BCUT2D eigenvalue weighted by Gasteiger charge is 2.32. The molecule has 1 fully saturated rings. The van der Waals surface area contributed by atoms with Gasteiger partial charge >= 0.3 is 0 Å². The highest BCUT2D eigenvalue weighted by Crippen LogP contribution is 2.34. The lowest BCUT2D eigenvalue weighted by Gasteiger charge is -2.17. The van der Waals surface area contributed by atoms with Gasteiger partial charge in [-0.15, -0.1) is 0 Å². The largest absolute Gasteiger partial charge is 0.394 e. The molecular weight excluding hydrogens is 385 g/mol. The Morgan fingerprint density at radius 1 is 1.22 bits per heavy atom. The van der Waals surface area contributed by atoms with Crippen LogP contribution in [0.3, 0.4) is 0 Å². The molecule has 2 aromatic rings. The van der Waals surface area contributed by atoms with Gasteiger partial charge in [-0.2, -0.15) is 0 Å². The van der Waals surface area contributed by atoms with Crippen molar-refractivity contribution in [3.8, 4) is 0 Å². The molecule has 1 aliphatic rings. The second-order valence-electron chi connectivity index (χ2n) is 6.14. The van der Waals surface area contributed by atoms with Crippen LogP contribution in [0.15, 0.2) is 30.3 Å². The van der Waals surface area contributed by atoms with Crippen molar-refractivity contribution < 1.29 is 27.9 Å². The fraction of sp³-hybridized carbons (Fsp3) is 0.278. The molecule has 0 saturated heterocycles. The van der Waals surface area contributed by atoms with Gasteiger partial charge < -0.3 is 10.4 Å². The summed E-state index contributed by atoms with van der Waals surface area (Å²) in [6.07, 6.45) is 1.16. The number of benzene rings is 2. The number of aliphatic hydroxyl groups excluding tert-OH is 1. The van der Waals surface area contributed by atoms with Crippen LogP contribution >= 0.6 is 11.6 Å². The molecule has 144 valence electrons. The maximum Gasteiger partial charge on any atom is 0.277 e. The Labute approximate surface area is 158 Å². The summed E-state index contributed by atoms with van der Waals surface area (Å²) >= 11 is 5.67. The molecule has 0 aromatic heterocycles. The summed E-state index contributed by atoms with van der Waals surface area (Å²) in [5, 5.41) is 11.8. The van der Waals surface area contributed by atoms with Crippen LogP contribution in [-0.4, -0.2) is 23.7 Å². The zero-order valence-electron chi connectivity index (χ0n) is 13.9. The zero-order valence-corrected chi connectivity index (χ0v) is 14.7. The summed E-state index contributed by atoms with van der Waals surface area (Å²) in [5.74, 6) is -4.10. The third-order valence-electron chi connectivity index (χ3n) is 4.16. The third kappa shape index (κ3) is 4.52. The van der Waals surface area contributed by atoms with Crippen LogP contribution in [0.2, 0.25) is 5.02 Å². The van der Waals surface area contributed by atoms with Gasteiger partial charge in [0.15, 0.2) is 11.6 Å². The number of hydroxylamine groups is 1. The molecule has 2 aromatic carbocycles. The Balaban J connectivity index is 1.84. The molecule has 3 N–H and O–H groups in total. The average Bonchev–Trinajstić information content (AvgIpc) is 3.46. The molecule has 1 amide bonds. The number of halogens is 4. The van der Waals surface area contributed by atoms with Crippen LogP contribution in [0.25, 0.3) is 0 Å². The standard InChI is InChI=1S/C18H16ClF3N2O3/c19-10-3-6-14(13(21)7-10)23-17-11(4-5-12(20)16(17)22)18(26)24-27-15(8-25)9-1-2-9/h3-7,9,15,23,25H,1-2,8H2,(H,24,26). The Bertz CT molecular complexity index is 862. The molecule has 1 unspecified atom stereocenters. The van der Waals surface area contributed by atoms with E-state index in [4.69, 9.17) is 16.4 Å². The van der Waals surface area contributed by atoms with E-state index < -0.39 is 35.2 Å². The first kappa shape index (κ1) is 19.5. The van der Waals surface area contributed by atoms with E-state index in [2.05, 4.69) is 10.8 Å². The lowest BCUT2D eigenvalue weighted by Crippen LogP contribution is -2.33. The molecule has 1 atom stereocenters. The van der Waals surface area contributed by atoms with Crippen molar-refractivity contribution in [3.63, 3.8) is 0 Å². The smallest absolute Gasteiger partial charge is 0.277 e. The van der Waals surface area contributed by atoms with Crippen molar-refractivity contribution in [2.75, 3.05) is 11.9 Å². The number of hydrogen-bond acceptors (Lipinski definition) is 4. The lowest BCUT2D eigenvalue weighted by molar-refractivity contribution is -0.0497. The van der Waals surface area contributed by atoms with Gasteiger partial charge in [-0.25, -0.2) is 18.7 Å². The minimum absolute atomic E-state index is 0.124. The molecule has 0 radical (unpaired) electrons. The maximum absolute atomic E-state index is 14.3. The molecule has 0 aliphatic heterocycles. The molecule has 1 aliphatic carbocycles. The van der Waals surface area contributed by atoms with Gasteiger partial charge in [-0.1, -0.05) is 11.6 Å². The Morgan fingerprint density at radius 2 is 1.96 bits per heavy atom. The predicted molar refractivity (Wildman–Crippen MR) is 93.2 cm³/mol. The number of amides is 1. The SMILES string of the molecule is O=C(NOC(CO)C1CC1)c1ccc(F)c(F)c1Nc1ccc(Cl)cc1F. The summed E-state index contributed by atoms with van der Waals surface area (Å²) in [7, 11) is 0. The van der Waals surface area contributed by atoms with Crippen molar-refractivity contribution in [2.24, 2.45) is 5.92 Å². The highest BCUT2D eigenvalue weighted by atomic mass is 35.5. The molecule has 0 heterocycles. The second kappa shape index (κ2) is 8.16. The first-order chi connectivity index (χ1) is 12.9. The van der Waals surface area contributed by atoms with Gasteiger partial charge in [0.25, 0.3) is 5.91 Å². The van der Waals surface area contributed by atoms with Gasteiger partial charge in [0.1, 0.15) is 11.9 Å². The number of carbonyl (C=O) groups is 1. The van der Waals surface area contributed by atoms with E-state index in [0.29, 0.717) is 0 Å². The van der Waals surface area contributed by atoms with Gasteiger partial charge in [0, 0.05) is 5.02 Å². The van der Waals surface area contributed by atoms with Crippen molar-refractivity contribution in [1.29, 1.82) is 0 Å². The number of aliphatic hydroxyl groups is 1. The summed E-state index contributed by atoms with van der Waals surface area (Å²) in [6, 6.07) is 5.39. The maximum atomic E-state index is 14.3. The number of hydrogen-bond donors (Lipinski definition) is 3. The van der Waals surface area contributed by atoms with Crippen molar-refractivity contribution in [1.82, 2.24) is 5.48 Å². The van der Waals surface area contributed by atoms with Crippen LogP contribution in [0.1, 0.15) is 23.2 Å². The molecule has 9 heteroatoms. The third-order valence-corrected chi connectivity index (χ3v) is 4.40. The molecule has 27 heavy (non-hydrogen) atoms. The normalized spacial score (nSPS) is 14.7. The first-order valence-corrected chi connectivity index (χ1v) is 8.55. The van der Waals surface area contributed by atoms with Crippen molar-refractivity contribution >= 4 is 28.9 Å². The minimum atomic E-state index is -1.35. The molecular formula is C18H16ClF3N2O3. The number of rotatable bonds is 7. The van der Waals surface area contributed by atoms with E-state index in [0.717, 1.165) is 31.0 Å². The minimum Gasteiger partial charge on any atom is -0.394 e. The summed E-state index contributed by atoms with van der Waals surface area (Å²) in [6.45, 7) is -0.288. The molecule has 3 rings (SSSR count). The Kier molecular flexibility index (Phi) is 5.88. The van der Waals surface area contributed by atoms with Crippen LogP contribution < -0.4 is 10.8 Å². The average molecular weight is 401 g/mol. The molecule has 0 spiro atoms. The lowest BCUT2D eigenvalue weighted by atomic mass is 10.1. The van der Waals surface area contributed by atoms with Crippen molar-refractivity contribution in [3.05, 3.63) is 58.4 Å². The van der Waals surface area contributed by atoms with Crippen LogP contribution in [0, 0.1) is 23.4 Å². The highest BCUT2D eigenvalue weighted by molar-refractivity contribution is 6.30. The van der Waals surface area contributed by atoms with Gasteiger partial charge in [0.05, 0.1) is 23.5 Å². The Morgan fingerprint density at radius 3 is 2.59 bits per heavy atom. The zero-order chi connectivity index (χ0) is 19.6. The fourth-order valence-electron chi connectivity index (χ4n) is 2.52. The van der Waals surface area contributed by atoms with Gasteiger partial charge in [-0.3, -0.25) is 9.63 Å². The first-order valence-electron chi connectivity index (χ1n) is 8.17. The van der Waals surface area contributed by atoms with Crippen LogP contribution in [-0.2, 0) is 4.84 Å². The monoisotopic (exact) mass is 400 g/mol. The quantitative estimate of drug-likeness (QED) is 0.616. The van der Waals surface area contributed by atoms with E-state index in [1.54, 1.807) is 0 Å². The molecule has 1 saturated carbocycles. The summed E-state index contributed by atoms with van der Waals surface area (Å²) in [4.78, 5) is 17.5. The van der Waals surface area contributed by atoms with E-state index in [9.17, 15) is 23.1 Å². The Hall–Kier alpha value is -2.29. The number of anilines is 2. The van der Waals surface area contributed by atoms with Crippen LogP contribution in [0.5, 0.6) is 0 Å².